The highest BCUT2D eigenvalue weighted by Crippen LogP contribution is 2.19. The number of nitrogen functional groups attached to an aromatic ring is 1. The molecular weight excluding hydrogens is 275 g/mol. The van der Waals surface area contributed by atoms with Crippen LogP contribution < -0.4 is 11.1 Å². The summed E-state index contributed by atoms with van der Waals surface area (Å²) < 4.78 is 13.2. The van der Waals surface area contributed by atoms with Crippen LogP contribution in [-0.2, 0) is 0 Å². The fraction of sp³-hybridized carbons (Fsp3) is 0.0667. The predicted molar refractivity (Wildman–Crippen MR) is 76.9 cm³/mol. The van der Waals surface area contributed by atoms with Gasteiger partial charge in [-0.25, -0.2) is 9.18 Å². The Kier molecular flexibility index (Phi) is 3.89. The van der Waals surface area contributed by atoms with Gasteiger partial charge in [0.25, 0.3) is 5.91 Å². The van der Waals surface area contributed by atoms with Crippen LogP contribution in [0.25, 0.3) is 0 Å². The molecule has 4 N–H and O–H groups in total. The molecule has 0 atom stereocenters. The molecule has 0 saturated heterocycles. The molecule has 0 aromatic heterocycles. The number of rotatable bonds is 3. The van der Waals surface area contributed by atoms with E-state index in [0.717, 1.165) is 23.8 Å². The number of carboxylic acid groups (broad SMARTS) is 1. The second kappa shape index (κ2) is 5.62. The minimum atomic E-state index is -1.25. The molecule has 2 aromatic carbocycles. The molecule has 6 heteroatoms. The van der Waals surface area contributed by atoms with Gasteiger partial charge in [-0.15, -0.1) is 0 Å². The van der Waals surface area contributed by atoms with Gasteiger partial charge in [0.15, 0.2) is 0 Å². The molecule has 108 valence electrons. The summed E-state index contributed by atoms with van der Waals surface area (Å²) in [6.07, 6.45) is 0. The molecule has 0 fully saturated rings. The molecule has 0 aliphatic rings. The highest BCUT2D eigenvalue weighted by atomic mass is 19.1. The van der Waals surface area contributed by atoms with Crippen molar-refractivity contribution in [3.63, 3.8) is 0 Å². The second-order valence-electron chi connectivity index (χ2n) is 4.52. The standard InChI is InChI=1S/C15H13FN2O3/c1-8-6-9(2-5-12(8)17)14(19)18-13-7-10(16)3-4-11(13)15(20)21/h2-7H,17H2,1H3,(H,18,19)(H,20,21). The van der Waals surface area contributed by atoms with Crippen LogP contribution in [0.15, 0.2) is 36.4 Å². The van der Waals surface area contributed by atoms with Crippen molar-refractivity contribution in [2.45, 2.75) is 6.92 Å². The summed E-state index contributed by atoms with van der Waals surface area (Å²) in [6.45, 7) is 1.75. The quantitative estimate of drug-likeness (QED) is 0.757. The van der Waals surface area contributed by atoms with E-state index in [4.69, 9.17) is 10.8 Å². The van der Waals surface area contributed by atoms with Crippen molar-refractivity contribution >= 4 is 23.3 Å². The molecule has 0 spiro atoms. The Balaban J connectivity index is 2.33. The lowest BCUT2D eigenvalue weighted by Gasteiger charge is -2.09. The third kappa shape index (κ3) is 3.17. The minimum Gasteiger partial charge on any atom is -0.478 e. The van der Waals surface area contributed by atoms with Crippen LogP contribution >= 0.6 is 0 Å². The molecule has 0 radical (unpaired) electrons. The van der Waals surface area contributed by atoms with Crippen molar-refractivity contribution in [3.05, 3.63) is 58.9 Å². The highest BCUT2D eigenvalue weighted by Gasteiger charge is 2.14. The Morgan fingerprint density at radius 3 is 2.52 bits per heavy atom. The molecule has 2 aromatic rings. The van der Waals surface area contributed by atoms with Crippen LogP contribution in [-0.4, -0.2) is 17.0 Å². The number of benzene rings is 2. The zero-order valence-corrected chi connectivity index (χ0v) is 11.2. The van der Waals surface area contributed by atoms with E-state index < -0.39 is 17.7 Å². The predicted octanol–water partition coefficient (Wildman–Crippen LogP) is 2.67. The largest absolute Gasteiger partial charge is 0.478 e. The summed E-state index contributed by atoms with van der Waals surface area (Å²) in [5.74, 6) is -2.42. The third-order valence-corrected chi connectivity index (χ3v) is 2.99. The number of carboxylic acids is 1. The summed E-state index contributed by atoms with van der Waals surface area (Å²) in [4.78, 5) is 23.2. The van der Waals surface area contributed by atoms with Gasteiger partial charge in [-0.1, -0.05) is 0 Å². The van der Waals surface area contributed by atoms with E-state index in [2.05, 4.69) is 5.32 Å². The molecule has 0 unspecified atom stereocenters. The molecule has 2 rings (SSSR count). The number of halogens is 1. The Morgan fingerprint density at radius 1 is 1.19 bits per heavy atom. The van der Waals surface area contributed by atoms with Gasteiger partial charge in [0, 0.05) is 11.3 Å². The van der Waals surface area contributed by atoms with Crippen molar-refractivity contribution in [2.75, 3.05) is 11.1 Å². The van der Waals surface area contributed by atoms with E-state index in [9.17, 15) is 14.0 Å². The van der Waals surface area contributed by atoms with Crippen molar-refractivity contribution < 1.29 is 19.1 Å². The zero-order chi connectivity index (χ0) is 15.6. The lowest BCUT2D eigenvalue weighted by atomic mass is 10.1. The summed E-state index contributed by atoms with van der Waals surface area (Å²) in [5.41, 5.74) is 6.96. The van der Waals surface area contributed by atoms with Crippen LogP contribution in [0.2, 0.25) is 0 Å². The molecule has 0 aliphatic heterocycles. The van der Waals surface area contributed by atoms with Crippen molar-refractivity contribution in [2.24, 2.45) is 0 Å². The van der Waals surface area contributed by atoms with Gasteiger partial charge in [0.1, 0.15) is 5.82 Å². The maximum Gasteiger partial charge on any atom is 0.337 e. The first kappa shape index (κ1) is 14.5. The summed E-state index contributed by atoms with van der Waals surface area (Å²) in [6, 6.07) is 7.75. The van der Waals surface area contributed by atoms with Crippen LogP contribution in [0, 0.1) is 12.7 Å². The number of hydrogen-bond acceptors (Lipinski definition) is 3. The van der Waals surface area contributed by atoms with E-state index >= 15 is 0 Å². The van der Waals surface area contributed by atoms with Gasteiger partial charge in [0.2, 0.25) is 0 Å². The number of hydrogen-bond donors (Lipinski definition) is 3. The second-order valence-corrected chi connectivity index (χ2v) is 4.52. The monoisotopic (exact) mass is 288 g/mol. The number of carbonyl (C=O) groups excluding carboxylic acids is 1. The summed E-state index contributed by atoms with van der Waals surface area (Å²) in [7, 11) is 0. The SMILES string of the molecule is Cc1cc(C(=O)Nc2cc(F)ccc2C(=O)O)ccc1N. The van der Waals surface area contributed by atoms with Crippen molar-refractivity contribution in [1.29, 1.82) is 0 Å². The molecule has 0 heterocycles. The summed E-state index contributed by atoms with van der Waals surface area (Å²) >= 11 is 0. The fourth-order valence-corrected chi connectivity index (χ4v) is 1.82. The first-order chi connectivity index (χ1) is 9.88. The average molecular weight is 288 g/mol. The van der Waals surface area contributed by atoms with Crippen molar-refractivity contribution in [1.82, 2.24) is 0 Å². The number of carbonyl (C=O) groups is 2. The number of aryl methyl sites for hydroxylation is 1. The Morgan fingerprint density at radius 2 is 1.90 bits per heavy atom. The van der Waals surface area contributed by atoms with Crippen LogP contribution in [0.5, 0.6) is 0 Å². The van der Waals surface area contributed by atoms with Gasteiger partial charge in [0.05, 0.1) is 11.3 Å². The van der Waals surface area contributed by atoms with E-state index in [-0.39, 0.29) is 11.3 Å². The fourth-order valence-electron chi connectivity index (χ4n) is 1.82. The van der Waals surface area contributed by atoms with Crippen LogP contribution in [0.1, 0.15) is 26.3 Å². The first-order valence-corrected chi connectivity index (χ1v) is 6.09. The highest BCUT2D eigenvalue weighted by molar-refractivity contribution is 6.08. The Hall–Kier alpha value is -2.89. The lowest BCUT2D eigenvalue weighted by molar-refractivity contribution is 0.0698. The van der Waals surface area contributed by atoms with Gasteiger partial charge in [-0.2, -0.15) is 0 Å². The number of nitrogens with two attached hydrogens (primary N) is 1. The van der Waals surface area contributed by atoms with Gasteiger partial charge in [-0.3, -0.25) is 4.79 Å². The molecule has 21 heavy (non-hydrogen) atoms. The topological polar surface area (TPSA) is 92.4 Å². The molecule has 5 nitrogen and oxygen atoms in total. The number of anilines is 2. The van der Waals surface area contributed by atoms with E-state index in [1.165, 1.54) is 6.07 Å². The van der Waals surface area contributed by atoms with Crippen LogP contribution in [0.3, 0.4) is 0 Å². The van der Waals surface area contributed by atoms with Gasteiger partial charge in [-0.05, 0) is 48.9 Å². The number of amides is 1. The normalized spacial score (nSPS) is 10.2. The maximum absolute atomic E-state index is 13.2. The van der Waals surface area contributed by atoms with Gasteiger partial charge < -0.3 is 16.2 Å². The molecule has 0 saturated carbocycles. The van der Waals surface area contributed by atoms with Crippen LogP contribution in [0.4, 0.5) is 15.8 Å². The van der Waals surface area contributed by atoms with Gasteiger partial charge >= 0.3 is 5.97 Å². The maximum atomic E-state index is 13.2. The summed E-state index contributed by atoms with van der Waals surface area (Å²) in [5, 5.41) is 11.4. The molecule has 0 bridgehead atoms. The number of aromatic carboxylic acids is 1. The molecule has 0 aliphatic carbocycles. The average Bonchev–Trinajstić information content (AvgIpc) is 2.41. The molecular formula is C15H13FN2O3. The third-order valence-electron chi connectivity index (χ3n) is 2.99. The molecule has 1 amide bonds. The zero-order valence-electron chi connectivity index (χ0n) is 11.2. The Bertz CT molecular complexity index is 729. The van der Waals surface area contributed by atoms with E-state index in [0.29, 0.717) is 11.3 Å². The lowest BCUT2D eigenvalue weighted by Crippen LogP contribution is -2.15. The van der Waals surface area contributed by atoms with Crippen molar-refractivity contribution in [3.8, 4) is 0 Å². The number of nitrogens with one attached hydrogen (secondary N) is 1. The first-order valence-electron chi connectivity index (χ1n) is 6.09. The van der Waals surface area contributed by atoms with E-state index in [1.54, 1.807) is 19.1 Å². The Labute approximate surface area is 120 Å². The smallest absolute Gasteiger partial charge is 0.337 e. The minimum absolute atomic E-state index is 0.0954. The van der Waals surface area contributed by atoms with E-state index in [1.807, 2.05) is 0 Å².